The zero-order valence-electron chi connectivity index (χ0n) is 11.7. The standard InChI is InChI=1S/C14H16F3N3O/c1-10(18-2)9-21-13-7-19-20(8-13)12-5-3-4-11(6-12)14(15,16)17/h3-8,10,18H,9H2,1-2H3. The highest BCUT2D eigenvalue weighted by Crippen LogP contribution is 2.30. The van der Waals surface area contributed by atoms with Gasteiger partial charge in [0.1, 0.15) is 6.61 Å². The number of ether oxygens (including phenoxy) is 1. The number of aromatic nitrogens is 2. The molecule has 0 radical (unpaired) electrons. The Balaban J connectivity index is 2.14. The molecule has 1 heterocycles. The maximum absolute atomic E-state index is 12.7. The Morgan fingerprint density at radius 2 is 2.14 bits per heavy atom. The minimum atomic E-state index is -4.37. The second-order valence-corrected chi connectivity index (χ2v) is 4.67. The third-order valence-electron chi connectivity index (χ3n) is 2.99. The lowest BCUT2D eigenvalue weighted by atomic mass is 10.2. The van der Waals surface area contributed by atoms with Crippen molar-refractivity contribution in [3.63, 3.8) is 0 Å². The fourth-order valence-corrected chi connectivity index (χ4v) is 1.65. The first-order valence-corrected chi connectivity index (χ1v) is 6.42. The quantitative estimate of drug-likeness (QED) is 0.922. The van der Waals surface area contributed by atoms with Crippen LogP contribution in [0.3, 0.4) is 0 Å². The molecule has 1 aromatic carbocycles. The monoisotopic (exact) mass is 299 g/mol. The molecule has 0 saturated heterocycles. The molecule has 1 unspecified atom stereocenters. The molecule has 1 N–H and O–H groups in total. The van der Waals surface area contributed by atoms with Crippen molar-refractivity contribution < 1.29 is 17.9 Å². The number of nitrogens with one attached hydrogen (secondary N) is 1. The Hall–Kier alpha value is -2.02. The smallest absolute Gasteiger partial charge is 0.416 e. The minimum Gasteiger partial charge on any atom is -0.489 e. The maximum Gasteiger partial charge on any atom is 0.416 e. The van der Waals surface area contributed by atoms with Gasteiger partial charge in [-0.05, 0) is 32.2 Å². The number of hydrogen-bond acceptors (Lipinski definition) is 3. The lowest BCUT2D eigenvalue weighted by Crippen LogP contribution is -2.28. The molecule has 0 aliphatic rings. The summed E-state index contributed by atoms with van der Waals surface area (Å²) in [5, 5.41) is 7.04. The molecule has 1 atom stereocenters. The number of hydrogen-bond donors (Lipinski definition) is 1. The predicted octanol–water partition coefficient (Wildman–Crippen LogP) is 2.88. The van der Waals surface area contributed by atoms with Crippen LogP contribution >= 0.6 is 0 Å². The van der Waals surface area contributed by atoms with E-state index < -0.39 is 11.7 Å². The highest BCUT2D eigenvalue weighted by atomic mass is 19.4. The first-order chi connectivity index (χ1) is 9.90. The zero-order valence-corrected chi connectivity index (χ0v) is 11.7. The molecule has 2 aromatic rings. The van der Waals surface area contributed by atoms with Gasteiger partial charge in [-0.2, -0.15) is 18.3 Å². The summed E-state index contributed by atoms with van der Waals surface area (Å²) in [6.07, 6.45) is -1.34. The van der Waals surface area contributed by atoms with Gasteiger partial charge in [0.2, 0.25) is 0 Å². The highest BCUT2D eigenvalue weighted by Gasteiger charge is 2.30. The van der Waals surface area contributed by atoms with Crippen LogP contribution in [0.15, 0.2) is 36.7 Å². The molecule has 114 valence electrons. The van der Waals surface area contributed by atoms with E-state index in [0.717, 1.165) is 12.1 Å². The van der Waals surface area contributed by atoms with Gasteiger partial charge in [-0.1, -0.05) is 6.07 Å². The summed E-state index contributed by atoms with van der Waals surface area (Å²) in [7, 11) is 1.82. The van der Waals surface area contributed by atoms with E-state index in [-0.39, 0.29) is 6.04 Å². The lowest BCUT2D eigenvalue weighted by molar-refractivity contribution is -0.137. The fraction of sp³-hybridized carbons (Fsp3) is 0.357. The second kappa shape index (κ2) is 6.17. The summed E-state index contributed by atoms with van der Waals surface area (Å²) >= 11 is 0. The van der Waals surface area contributed by atoms with Crippen LogP contribution in [-0.4, -0.2) is 29.5 Å². The Morgan fingerprint density at radius 3 is 2.81 bits per heavy atom. The van der Waals surface area contributed by atoms with Gasteiger partial charge in [0.25, 0.3) is 0 Å². The first-order valence-electron chi connectivity index (χ1n) is 6.42. The Bertz CT molecular complexity index is 595. The van der Waals surface area contributed by atoms with Crippen LogP contribution in [-0.2, 0) is 6.18 Å². The average Bonchev–Trinajstić information content (AvgIpc) is 2.93. The normalized spacial score (nSPS) is 13.2. The van der Waals surface area contributed by atoms with Gasteiger partial charge >= 0.3 is 6.18 Å². The van der Waals surface area contributed by atoms with Crippen LogP contribution in [0.1, 0.15) is 12.5 Å². The number of likely N-dealkylation sites (N-methyl/N-ethyl adjacent to an activating group) is 1. The second-order valence-electron chi connectivity index (χ2n) is 4.67. The number of nitrogens with zero attached hydrogens (tertiary/aromatic N) is 2. The molecule has 0 fully saturated rings. The molecule has 0 aliphatic heterocycles. The molecule has 0 aliphatic carbocycles. The van der Waals surface area contributed by atoms with Crippen molar-refractivity contribution in [1.29, 1.82) is 0 Å². The Morgan fingerprint density at radius 1 is 1.38 bits per heavy atom. The highest BCUT2D eigenvalue weighted by molar-refractivity contribution is 5.37. The van der Waals surface area contributed by atoms with Gasteiger partial charge < -0.3 is 10.1 Å². The number of benzene rings is 1. The molecule has 2 rings (SSSR count). The van der Waals surface area contributed by atoms with Crippen LogP contribution in [0.4, 0.5) is 13.2 Å². The van der Waals surface area contributed by atoms with Crippen molar-refractivity contribution in [2.45, 2.75) is 19.1 Å². The Kier molecular flexibility index (Phi) is 4.52. The molecule has 1 aromatic heterocycles. The maximum atomic E-state index is 12.7. The number of halogens is 3. The molecule has 0 bridgehead atoms. The average molecular weight is 299 g/mol. The van der Waals surface area contributed by atoms with Crippen LogP contribution < -0.4 is 10.1 Å². The summed E-state index contributed by atoms with van der Waals surface area (Å²) in [5.41, 5.74) is -0.372. The predicted molar refractivity (Wildman–Crippen MR) is 72.6 cm³/mol. The van der Waals surface area contributed by atoms with Crippen molar-refractivity contribution >= 4 is 0 Å². The minimum absolute atomic E-state index is 0.168. The van der Waals surface area contributed by atoms with E-state index in [4.69, 9.17) is 4.74 Å². The van der Waals surface area contributed by atoms with Crippen molar-refractivity contribution in [3.05, 3.63) is 42.2 Å². The Labute approximate surface area is 120 Å². The fourth-order valence-electron chi connectivity index (χ4n) is 1.65. The first kappa shape index (κ1) is 15.4. The summed E-state index contributed by atoms with van der Waals surface area (Å²) in [6, 6.07) is 5.15. The van der Waals surface area contributed by atoms with Crippen molar-refractivity contribution in [2.24, 2.45) is 0 Å². The molecule has 0 amide bonds. The number of alkyl halides is 3. The van der Waals surface area contributed by atoms with Crippen molar-refractivity contribution in [1.82, 2.24) is 15.1 Å². The number of rotatable bonds is 5. The van der Waals surface area contributed by atoms with E-state index in [0.29, 0.717) is 18.0 Å². The third-order valence-corrected chi connectivity index (χ3v) is 2.99. The van der Waals surface area contributed by atoms with E-state index in [9.17, 15) is 13.2 Å². The van der Waals surface area contributed by atoms with E-state index in [1.54, 1.807) is 12.3 Å². The van der Waals surface area contributed by atoms with E-state index in [1.165, 1.54) is 16.9 Å². The van der Waals surface area contributed by atoms with E-state index >= 15 is 0 Å². The van der Waals surface area contributed by atoms with E-state index in [1.807, 2.05) is 14.0 Å². The van der Waals surface area contributed by atoms with Gasteiger partial charge in [-0.3, -0.25) is 0 Å². The topological polar surface area (TPSA) is 39.1 Å². The van der Waals surface area contributed by atoms with Crippen molar-refractivity contribution in [2.75, 3.05) is 13.7 Å². The van der Waals surface area contributed by atoms with Gasteiger partial charge in [0.05, 0.1) is 23.6 Å². The van der Waals surface area contributed by atoms with Crippen LogP contribution in [0, 0.1) is 0 Å². The molecule has 21 heavy (non-hydrogen) atoms. The SMILES string of the molecule is CNC(C)COc1cnn(-c2cccc(C(F)(F)F)c2)c1. The van der Waals surface area contributed by atoms with Gasteiger partial charge in [-0.25, -0.2) is 4.68 Å². The van der Waals surface area contributed by atoms with Gasteiger partial charge in [0.15, 0.2) is 5.75 Å². The van der Waals surface area contributed by atoms with Crippen molar-refractivity contribution in [3.8, 4) is 11.4 Å². The van der Waals surface area contributed by atoms with Gasteiger partial charge in [-0.15, -0.1) is 0 Å². The summed E-state index contributed by atoms with van der Waals surface area (Å²) in [6.45, 7) is 2.40. The molecule has 4 nitrogen and oxygen atoms in total. The third kappa shape index (κ3) is 3.98. The molecule has 0 spiro atoms. The van der Waals surface area contributed by atoms with E-state index in [2.05, 4.69) is 10.4 Å². The lowest BCUT2D eigenvalue weighted by Gasteiger charge is -2.10. The van der Waals surface area contributed by atoms with Crippen LogP contribution in [0.5, 0.6) is 5.75 Å². The molecular formula is C14H16F3N3O. The van der Waals surface area contributed by atoms with Gasteiger partial charge in [0, 0.05) is 6.04 Å². The zero-order chi connectivity index (χ0) is 15.5. The molecular weight excluding hydrogens is 283 g/mol. The summed E-state index contributed by atoms with van der Waals surface area (Å²) in [5.74, 6) is 0.509. The summed E-state index contributed by atoms with van der Waals surface area (Å²) in [4.78, 5) is 0. The largest absolute Gasteiger partial charge is 0.489 e. The van der Waals surface area contributed by atoms with Crippen LogP contribution in [0.25, 0.3) is 5.69 Å². The molecule has 0 saturated carbocycles. The summed E-state index contributed by atoms with van der Waals surface area (Å²) < 4.78 is 44.9. The molecule has 7 heteroatoms. The van der Waals surface area contributed by atoms with Crippen LogP contribution in [0.2, 0.25) is 0 Å².